The van der Waals surface area contributed by atoms with Crippen molar-refractivity contribution in [1.82, 2.24) is 0 Å². The summed E-state index contributed by atoms with van der Waals surface area (Å²) >= 11 is 0. The van der Waals surface area contributed by atoms with Crippen molar-refractivity contribution in [3.8, 4) is 0 Å². The highest BCUT2D eigenvalue weighted by Gasteiger charge is 2.06. The third-order valence-corrected chi connectivity index (χ3v) is 2.03. The van der Waals surface area contributed by atoms with E-state index in [1.54, 1.807) is 18.4 Å². The van der Waals surface area contributed by atoms with E-state index >= 15 is 0 Å². The minimum Gasteiger partial charge on any atom is -0.465 e. The molecular formula is C12H10O2. The molecule has 2 heteroatoms. The van der Waals surface area contributed by atoms with Gasteiger partial charge in [0.05, 0.1) is 6.26 Å². The van der Waals surface area contributed by atoms with Gasteiger partial charge in [-0.1, -0.05) is 18.2 Å². The molecule has 70 valence electrons. The van der Waals surface area contributed by atoms with Crippen LogP contribution in [0.4, 0.5) is 0 Å². The number of rotatable bonds is 3. The van der Waals surface area contributed by atoms with Gasteiger partial charge in [0.1, 0.15) is 5.76 Å². The Bertz CT molecular complexity index is 406. The quantitative estimate of drug-likeness (QED) is 0.679. The molecule has 1 heterocycles. The van der Waals surface area contributed by atoms with Gasteiger partial charge in [-0.15, -0.1) is 0 Å². The fourth-order valence-corrected chi connectivity index (χ4v) is 1.28. The number of hydrogen-bond donors (Lipinski definition) is 0. The summed E-state index contributed by atoms with van der Waals surface area (Å²) in [4.78, 5) is 11.5. The van der Waals surface area contributed by atoms with E-state index in [1.165, 1.54) is 6.08 Å². The summed E-state index contributed by atoms with van der Waals surface area (Å²) in [7, 11) is 0. The zero-order valence-corrected chi connectivity index (χ0v) is 7.64. The minimum atomic E-state index is 0.0476. The number of hydrogen-bond acceptors (Lipinski definition) is 2. The van der Waals surface area contributed by atoms with Crippen LogP contribution in [0, 0.1) is 0 Å². The Morgan fingerprint density at radius 3 is 3.07 bits per heavy atom. The molecule has 1 aromatic heterocycles. The molecule has 0 aliphatic heterocycles. The summed E-state index contributed by atoms with van der Waals surface area (Å²) in [6, 6.07) is 3.60. The highest BCUT2D eigenvalue weighted by molar-refractivity contribution is 6.06. The van der Waals surface area contributed by atoms with Gasteiger partial charge in [0.2, 0.25) is 0 Å². The second-order valence-corrected chi connectivity index (χ2v) is 3.04. The Morgan fingerprint density at radius 2 is 2.43 bits per heavy atom. The van der Waals surface area contributed by atoms with Gasteiger partial charge in [0.25, 0.3) is 0 Å². The van der Waals surface area contributed by atoms with Gasteiger partial charge in [-0.3, -0.25) is 4.79 Å². The van der Waals surface area contributed by atoms with Crippen molar-refractivity contribution in [3.63, 3.8) is 0 Å². The molecule has 1 aliphatic carbocycles. The van der Waals surface area contributed by atoms with Gasteiger partial charge in [0.15, 0.2) is 5.78 Å². The molecule has 1 aliphatic rings. The van der Waals surface area contributed by atoms with Crippen molar-refractivity contribution in [2.45, 2.75) is 6.42 Å². The second-order valence-electron chi connectivity index (χ2n) is 3.04. The van der Waals surface area contributed by atoms with Crippen molar-refractivity contribution in [2.75, 3.05) is 0 Å². The van der Waals surface area contributed by atoms with Crippen LogP contribution >= 0.6 is 0 Å². The van der Waals surface area contributed by atoms with Crippen molar-refractivity contribution in [3.05, 3.63) is 54.0 Å². The molecule has 1 aromatic rings. The lowest BCUT2D eigenvalue weighted by Crippen LogP contribution is -1.94. The first-order valence-corrected chi connectivity index (χ1v) is 4.48. The van der Waals surface area contributed by atoms with E-state index in [2.05, 4.69) is 0 Å². The molecule has 2 rings (SSSR count). The maximum atomic E-state index is 11.5. The van der Waals surface area contributed by atoms with Crippen molar-refractivity contribution in [2.24, 2.45) is 0 Å². The summed E-state index contributed by atoms with van der Waals surface area (Å²) in [6.45, 7) is 0. The van der Waals surface area contributed by atoms with Crippen LogP contribution in [0.2, 0.25) is 0 Å². The minimum absolute atomic E-state index is 0.0476. The average molecular weight is 186 g/mol. The third-order valence-electron chi connectivity index (χ3n) is 2.03. The molecule has 2 nitrogen and oxygen atoms in total. The number of ketones is 1. The first-order chi connectivity index (χ1) is 6.86. The molecule has 14 heavy (non-hydrogen) atoms. The Balaban J connectivity index is 2.01. The lowest BCUT2D eigenvalue weighted by Gasteiger charge is -1.92. The van der Waals surface area contributed by atoms with E-state index in [9.17, 15) is 4.79 Å². The van der Waals surface area contributed by atoms with Crippen molar-refractivity contribution >= 4 is 11.9 Å². The van der Waals surface area contributed by atoms with Gasteiger partial charge in [0, 0.05) is 5.57 Å². The lowest BCUT2D eigenvalue weighted by atomic mass is 10.1. The maximum Gasteiger partial charge on any atom is 0.182 e. The highest BCUT2D eigenvalue weighted by atomic mass is 16.3. The standard InChI is InChI=1S/C12H10O2/c13-12(10-4-1-2-5-10)8-7-11-6-3-9-14-11/h1-4,6-9H,5H2/b8-7+. The molecule has 0 unspecified atom stereocenters. The molecule has 0 aromatic carbocycles. The Kier molecular flexibility index (Phi) is 2.45. The number of carbonyl (C=O) groups excluding carboxylic acids is 1. The van der Waals surface area contributed by atoms with Crippen LogP contribution in [-0.2, 0) is 4.79 Å². The fraction of sp³-hybridized carbons (Fsp3) is 0.0833. The lowest BCUT2D eigenvalue weighted by molar-refractivity contribution is -0.111. The van der Waals surface area contributed by atoms with Crippen LogP contribution in [0.5, 0.6) is 0 Å². The van der Waals surface area contributed by atoms with Crippen LogP contribution in [0.25, 0.3) is 6.08 Å². The monoisotopic (exact) mass is 186 g/mol. The predicted molar refractivity (Wildman–Crippen MR) is 54.6 cm³/mol. The predicted octanol–water partition coefficient (Wildman–Crippen LogP) is 2.75. The molecule has 0 atom stereocenters. The van der Waals surface area contributed by atoms with Crippen LogP contribution in [0.1, 0.15) is 12.2 Å². The Morgan fingerprint density at radius 1 is 1.50 bits per heavy atom. The first-order valence-electron chi connectivity index (χ1n) is 4.48. The zero-order chi connectivity index (χ0) is 9.80. The normalized spacial score (nSPS) is 15.0. The molecule has 0 N–H and O–H groups in total. The summed E-state index contributed by atoms with van der Waals surface area (Å²) in [5.41, 5.74) is 0.827. The SMILES string of the molecule is O=C(/C=C/c1ccco1)C1=CC=CC1. The van der Waals surface area contributed by atoms with Gasteiger partial charge in [-0.2, -0.15) is 0 Å². The van der Waals surface area contributed by atoms with E-state index in [-0.39, 0.29) is 5.78 Å². The van der Waals surface area contributed by atoms with E-state index in [0.29, 0.717) is 5.76 Å². The van der Waals surface area contributed by atoms with Gasteiger partial charge >= 0.3 is 0 Å². The molecule has 0 saturated heterocycles. The second kappa shape index (κ2) is 3.92. The molecule has 0 fully saturated rings. The number of allylic oxidation sites excluding steroid dienone is 5. The molecule has 0 amide bonds. The van der Waals surface area contributed by atoms with E-state index in [1.807, 2.05) is 24.3 Å². The largest absolute Gasteiger partial charge is 0.465 e. The van der Waals surface area contributed by atoms with Crippen LogP contribution in [0.15, 0.2) is 52.7 Å². The van der Waals surface area contributed by atoms with Gasteiger partial charge in [-0.05, 0) is 30.7 Å². The Labute approximate surface area is 82.2 Å². The van der Waals surface area contributed by atoms with Gasteiger partial charge in [-0.25, -0.2) is 0 Å². The molecule has 0 radical (unpaired) electrons. The summed E-state index contributed by atoms with van der Waals surface area (Å²) in [5.74, 6) is 0.747. The van der Waals surface area contributed by atoms with Gasteiger partial charge < -0.3 is 4.42 Å². The zero-order valence-electron chi connectivity index (χ0n) is 7.64. The average Bonchev–Trinajstić information content (AvgIpc) is 2.87. The van der Waals surface area contributed by atoms with Crippen LogP contribution in [0.3, 0.4) is 0 Å². The number of furan rings is 1. The third kappa shape index (κ3) is 1.91. The molecule has 0 saturated carbocycles. The van der Waals surface area contributed by atoms with Crippen molar-refractivity contribution in [1.29, 1.82) is 0 Å². The fourth-order valence-electron chi connectivity index (χ4n) is 1.28. The smallest absolute Gasteiger partial charge is 0.182 e. The highest BCUT2D eigenvalue weighted by Crippen LogP contribution is 2.12. The van der Waals surface area contributed by atoms with Crippen LogP contribution in [-0.4, -0.2) is 5.78 Å². The first kappa shape index (κ1) is 8.75. The van der Waals surface area contributed by atoms with E-state index in [0.717, 1.165) is 12.0 Å². The Hall–Kier alpha value is -1.83. The number of carbonyl (C=O) groups is 1. The topological polar surface area (TPSA) is 30.2 Å². The molecular weight excluding hydrogens is 176 g/mol. The van der Waals surface area contributed by atoms with E-state index in [4.69, 9.17) is 4.42 Å². The molecule has 0 spiro atoms. The summed E-state index contributed by atoms with van der Waals surface area (Å²) in [6.07, 6.45) is 11.2. The van der Waals surface area contributed by atoms with E-state index < -0.39 is 0 Å². The summed E-state index contributed by atoms with van der Waals surface area (Å²) in [5, 5.41) is 0. The van der Waals surface area contributed by atoms with Crippen molar-refractivity contribution < 1.29 is 9.21 Å². The summed E-state index contributed by atoms with van der Waals surface area (Å²) < 4.78 is 5.07. The maximum absolute atomic E-state index is 11.5. The molecule has 0 bridgehead atoms. The van der Waals surface area contributed by atoms with Crippen LogP contribution < -0.4 is 0 Å².